The number of carbonyl (C=O) groups is 1. The number of hydrogen-bond donors (Lipinski definition) is 2. The second kappa shape index (κ2) is 5.67. The lowest BCUT2D eigenvalue weighted by Gasteiger charge is -2.16. The van der Waals surface area contributed by atoms with E-state index in [1.54, 1.807) is 0 Å². The SMILES string of the molecule is CC(C)[C@@H](N)C(=O)Nc1c(Cl)cc(F)cc1Cl. The van der Waals surface area contributed by atoms with Gasteiger partial charge in [-0.2, -0.15) is 0 Å². The second-order valence-electron chi connectivity index (χ2n) is 4.00. The predicted octanol–water partition coefficient (Wildman–Crippen LogP) is 3.05. The summed E-state index contributed by atoms with van der Waals surface area (Å²) in [6.07, 6.45) is 0. The van der Waals surface area contributed by atoms with E-state index in [-0.39, 0.29) is 21.7 Å². The highest BCUT2D eigenvalue weighted by Crippen LogP contribution is 2.31. The fourth-order valence-corrected chi connectivity index (χ4v) is 1.73. The minimum atomic E-state index is -0.674. The Morgan fingerprint density at radius 1 is 1.35 bits per heavy atom. The summed E-state index contributed by atoms with van der Waals surface area (Å²) in [5, 5.41) is 2.57. The zero-order chi connectivity index (χ0) is 13.2. The van der Waals surface area contributed by atoms with Gasteiger partial charge in [0.15, 0.2) is 0 Å². The van der Waals surface area contributed by atoms with E-state index in [0.29, 0.717) is 0 Å². The smallest absolute Gasteiger partial charge is 0.241 e. The van der Waals surface area contributed by atoms with Crippen molar-refractivity contribution >= 4 is 34.8 Å². The molecule has 1 amide bonds. The monoisotopic (exact) mass is 278 g/mol. The van der Waals surface area contributed by atoms with Gasteiger partial charge in [-0.25, -0.2) is 4.39 Å². The third-order valence-electron chi connectivity index (χ3n) is 2.28. The van der Waals surface area contributed by atoms with E-state index in [1.807, 2.05) is 13.8 Å². The molecule has 0 fully saturated rings. The molecule has 3 N–H and O–H groups in total. The minimum Gasteiger partial charge on any atom is -0.322 e. The molecule has 1 aromatic rings. The molecule has 0 saturated carbocycles. The standard InChI is InChI=1S/C11H13Cl2FN2O/c1-5(2)9(15)11(17)16-10-7(12)3-6(14)4-8(10)13/h3-5,9H,15H2,1-2H3,(H,16,17)/t9-/m1/s1. The number of hydrogen-bond acceptors (Lipinski definition) is 2. The van der Waals surface area contributed by atoms with Crippen LogP contribution in [-0.4, -0.2) is 11.9 Å². The zero-order valence-corrected chi connectivity index (χ0v) is 10.9. The quantitative estimate of drug-likeness (QED) is 0.893. The van der Waals surface area contributed by atoms with Crippen molar-refractivity contribution in [2.24, 2.45) is 11.7 Å². The molecule has 0 unspecified atom stereocenters. The molecule has 1 atom stereocenters. The number of benzene rings is 1. The summed E-state index contributed by atoms with van der Waals surface area (Å²) in [5.74, 6) is -0.991. The molecule has 3 nitrogen and oxygen atoms in total. The summed E-state index contributed by atoms with van der Waals surface area (Å²) in [6, 6.07) is 1.47. The largest absolute Gasteiger partial charge is 0.322 e. The van der Waals surface area contributed by atoms with Crippen LogP contribution in [0.15, 0.2) is 12.1 Å². The lowest BCUT2D eigenvalue weighted by Crippen LogP contribution is -2.39. The lowest BCUT2D eigenvalue weighted by molar-refractivity contribution is -0.118. The Balaban J connectivity index is 2.93. The molecule has 0 aromatic heterocycles. The molecule has 0 aliphatic heterocycles. The van der Waals surface area contributed by atoms with E-state index in [2.05, 4.69) is 5.32 Å². The summed E-state index contributed by atoms with van der Waals surface area (Å²) in [7, 11) is 0. The first-order valence-corrected chi connectivity index (χ1v) is 5.79. The number of rotatable bonds is 3. The number of nitrogens with two attached hydrogens (primary N) is 1. The van der Waals surface area contributed by atoms with Crippen molar-refractivity contribution in [3.63, 3.8) is 0 Å². The highest BCUT2D eigenvalue weighted by molar-refractivity contribution is 6.39. The Morgan fingerprint density at radius 2 is 1.82 bits per heavy atom. The molecule has 0 heterocycles. The summed E-state index contributed by atoms with van der Waals surface area (Å²) in [6.45, 7) is 3.64. The van der Waals surface area contributed by atoms with Gasteiger partial charge in [0.05, 0.1) is 21.8 Å². The van der Waals surface area contributed by atoms with Gasteiger partial charge in [-0.1, -0.05) is 37.0 Å². The van der Waals surface area contributed by atoms with Crippen LogP contribution in [0, 0.1) is 11.7 Å². The zero-order valence-electron chi connectivity index (χ0n) is 9.43. The molecule has 6 heteroatoms. The molecule has 0 radical (unpaired) electrons. The van der Waals surface area contributed by atoms with Gasteiger partial charge in [0.2, 0.25) is 5.91 Å². The second-order valence-corrected chi connectivity index (χ2v) is 4.82. The Kier molecular flexibility index (Phi) is 4.74. The summed E-state index contributed by atoms with van der Waals surface area (Å²) >= 11 is 11.6. The molecule has 0 saturated heterocycles. The van der Waals surface area contributed by atoms with E-state index in [1.165, 1.54) is 0 Å². The topological polar surface area (TPSA) is 55.1 Å². The number of nitrogens with one attached hydrogen (secondary N) is 1. The first-order valence-electron chi connectivity index (χ1n) is 5.04. The maximum atomic E-state index is 12.9. The van der Waals surface area contributed by atoms with Crippen LogP contribution in [-0.2, 0) is 4.79 Å². The molecule has 94 valence electrons. The van der Waals surface area contributed by atoms with Crippen LogP contribution in [0.5, 0.6) is 0 Å². The predicted molar refractivity (Wildman–Crippen MR) is 67.9 cm³/mol. The molecule has 0 spiro atoms. The van der Waals surface area contributed by atoms with Gasteiger partial charge in [-0.05, 0) is 18.1 Å². The molecular formula is C11H13Cl2FN2O. The first-order chi connectivity index (χ1) is 7.82. The fraction of sp³-hybridized carbons (Fsp3) is 0.364. The minimum absolute atomic E-state index is 0.0204. The molecule has 1 aromatic carbocycles. The van der Waals surface area contributed by atoms with Gasteiger partial charge in [-0.3, -0.25) is 4.79 Å². The van der Waals surface area contributed by atoms with Crippen LogP contribution in [0.4, 0.5) is 10.1 Å². The summed E-state index contributed by atoms with van der Waals surface area (Å²) in [5.41, 5.74) is 5.84. The summed E-state index contributed by atoms with van der Waals surface area (Å²) < 4.78 is 12.9. The number of halogens is 3. The van der Waals surface area contributed by atoms with Crippen molar-refractivity contribution in [2.75, 3.05) is 5.32 Å². The van der Waals surface area contributed by atoms with E-state index < -0.39 is 17.8 Å². The van der Waals surface area contributed by atoms with Gasteiger partial charge in [0.25, 0.3) is 0 Å². The van der Waals surface area contributed by atoms with Crippen LogP contribution in [0.25, 0.3) is 0 Å². The fourth-order valence-electron chi connectivity index (χ4n) is 1.17. The van der Waals surface area contributed by atoms with Gasteiger partial charge in [0, 0.05) is 0 Å². The Labute approximate surface area is 109 Å². The van der Waals surface area contributed by atoms with Crippen LogP contribution in [0.1, 0.15) is 13.8 Å². The molecular weight excluding hydrogens is 266 g/mol. The average Bonchev–Trinajstić information content (AvgIpc) is 2.21. The third kappa shape index (κ3) is 3.56. The van der Waals surface area contributed by atoms with Gasteiger partial charge >= 0.3 is 0 Å². The Hall–Kier alpha value is -0.840. The number of amides is 1. The van der Waals surface area contributed by atoms with Crippen molar-refractivity contribution in [1.82, 2.24) is 0 Å². The normalized spacial score (nSPS) is 12.6. The summed E-state index contributed by atoms with van der Waals surface area (Å²) in [4.78, 5) is 11.7. The van der Waals surface area contributed by atoms with Gasteiger partial charge in [0.1, 0.15) is 5.82 Å². The third-order valence-corrected chi connectivity index (χ3v) is 2.87. The van der Waals surface area contributed by atoms with E-state index in [4.69, 9.17) is 28.9 Å². The van der Waals surface area contributed by atoms with E-state index in [0.717, 1.165) is 12.1 Å². The lowest BCUT2D eigenvalue weighted by atomic mass is 10.0. The first kappa shape index (κ1) is 14.2. The van der Waals surface area contributed by atoms with Crippen molar-refractivity contribution in [1.29, 1.82) is 0 Å². The molecule has 17 heavy (non-hydrogen) atoms. The van der Waals surface area contributed by atoms with Crippen LogP contribution < -0.4 is 11.1 Å². The van der Waals surface area contributed by atoms with Crippen LogP contribution in [0.2, 0.25) is 10.0 Å². The molecule has 1 rings (SSSR count). The highest BCUT2D eigenvalue weighted by atomic mass is 35.5. The maximum absolute atomic E-state index is 12.9. The molecule has 0 aliphatic rings. The Bertz CT molecular complexity index is 414. The molecule has 0 bridgehead atoms. The van der Waals surface area contributed by atoms with Crippen molar-refractivity contribution < 1.29 is 9.18 Å². The average molecular weight is 279 g/mol. The Morgan fingerprint density at radius 3 is 2.24 bits per heavy atom. The number of carbonyl (C=O) groups excluding carboxylic acids is 1. The van der Waals surface area contributed by atoms with Crippen LogP contribution in [0.3, 0.4) is 0 Å². The van der Waals surface area contributed by atoms with Crippen molar-refractivity contribution in [3.8, 4) is 0 Å². The maximum Gasteiger partial charge on any atom is 0.241 e. The van der Waals surface area contributed by atoms with Crippen molar-refractivity contribution in [2.45, 2.75) is 19.9 Å². The highest BCUT2D eigenvalue weighted by Gasteiger charge is 2.19. The van der Waals surface area contributed by atoms with E-state index in [9.17, 15) is 9.18 Å². The van der Waals surface area contributed by atoms with Gasteiger partial charge in [-0.15, -0.1) is 0 Å². The molecule has 0 aliphatic carbocycles. The number of anilines is 1. The van der Waals surface area contributed by atoms with Gasteiger partial charge < -0.3 is 11.1 Å². The van der Waals surface area contributed by atoms with E-state index >= 15 is 0 Å². The van der Waals surface area contributed by atoms with Crippen molar-refractivity contribution in [3.05, 3.63) is 28.0 Å². The van der Waals surface area contributed by atoms with Crippen LogP contribution >= 0.6 is 23.2 Å².